The second kappa shape index (κ2) is 6.40. The third-order valence-electron chi connectivity index (χ3n) is 1.68. The molecular weight excluding hydrogens is 156 g/mol. The van der Waals surface area contributed by atoms with E-state index in [9.17, 15) is 0 Å². The molecule has 0 aromatic carbocycles. The summed E-state index contributed by atoms with van der Waals surface area (Å²) >= 11 is 0. The molecule has 0 bridgehead atoms. The average molecular weight is 176 g/mol. The Labute approximate surface area is 74.4 Å². The Morgan fingerprint density at radius 1 is 1.08 bits per heavy atom. The van der Waals surface area contributed by atoms with Crippen molar-refractivity contribution in [3.8, 4) is 0 Å². The van der Waals surface area contributed by atoms with Crippen molar-refractivity contribution in [3.05, 3.63) is 0 Å². The van der Waals surface area contributed by atoms with Crippen molar-refractivity contribution in [1.82, 2.24) is 0 Å². The molecule has 1 aliphatic rings. The fourth-order valence-electron chi connectivity index (χ4n) is 0.560. The molecule has 0 saturated carbocycles. The number of hydrogen-bond donors (Lipinski definition) is 2. The van der Waals surface area contributed by atoms with Gasteiger partial charge in [-0.05, 0) is 12.8 Å². The molecule has 0 amide bonds. The van der Waals surface area contributed by atoms with E-state index in [-0.39, 0.29) is 18.6 Å². The Hall–Kier alpha value is -0.120. The van der Waals surface area contributed by atoms with Crippen molar-refractivity contribution in [2.45, 2.75) is 26.7 Å². The summed E-state index contributed by atoms with van der Waals surface area (Å²) in [5, 5.41) is 16.9. The van der Waals surface area contributed by atoms with Crippen LogP contribution in [0.4, 0.5) is 0 Å². The molecule has 3 heteroatoms. The van der Waals surface area contributed by atoms with Gasteiger partial charge < -0.3 is 14.9 Å². The van der Waals surface area contributed by atoms with Gasteiger partial charge in [-0.25, -0.2) is 0 Å². The van der Waals surface area contributed by atoms with Gasteiger partial charge in [0.15, 0.2) is 0 Å². The highest BCUT2D eigenvalue weighted by molar-refractivity contribution is 4.62. The van der Waals surface area contributed by atoms with E-state index in [1.165, 1.54) is 12.8 Å². The van der Waals surface area contributed by atoms with E-state index in [0.29, 0.717) is 0 Å². The molecule has 1 heterocycles. The van der Waals surface area contributed by atoms with Gasteiger partial charge in [0.25, 0.3) is 0 Å². The molecule has 0 unspecified atom stereocenters. The Morgan fingerprint density at radius 3 is 1.58 bits per heavy atom. The Bertz CT molecular complexity index is 84.3. The number of aliphatic hydroxyl groups is 2. The van der Waals surface area contributed by atoms with Crippen LogP contribution in [0.15, 0.2) is 0 Å². The molecule has 0 spiro atoms. The second-order valence-corrected chi connectivity index (χ2v) is 3.80. The van der Waals surface area contributed by atoms with Gasteiger partial charge in [0.1, 0.15) is 0 Å². The molecule has 0 atom stereocenters. The molecular formula is C9H20O3. The molecule has 1 aliphatic heterocycles. The van der Waals surface area contributed by atoms with E-state index in [2.05, 4.69) is 0 Å². The second-order valence-electron chi connectivity index (χ2n) is 3.80. The predicted molar refractivity (Wildman–Crippen MR) is 48.0 cm³/mol. The van der Waals surface area contributed by atoms with Crippen LogP contribution >= 0.6 is 0 Å². The first-order valence-electron chi connectivity index (χ1n) is 4.42. The molecule has 0 aromatic heterocycles. The first-order chi connectivity index (χ1) is 5.62. The van der Waals surface area contributed by atoms with Crippen molar-refractivity contribution in [2.75, 3.05) is 26.4 Å². The minimum atomic E-state index is -0.306. The van der Waals surface area contributed by atoms with Crippen molar-refractivity contribution in [1.29, 1.82) is 0 Å². The van der Waals surface area contributed by atoms with E-state index < -0.39 is 0 Å². The molecule has 1 fully saturated rings. The van der Waals surface area contributed by atoms with E-state index in [0.717, 1.165) is 13.2 Å². The van der Waals surface area contributed by atoms with Gasteiger partial charge in [-0.3, -0.25) is 0 Å². The van der Waals surface area contributed by atoms with Crippen molar-refractivity contribution < 1.29 is 14.9 Å². The summed E-state index contributed by atoms with van der Waals surface area (Å²) in [6, 6.07) is 0. The Kier molecular flexibility index (Phi) is 6.34. The summed E-state index contributed by atoms with van der Waals surface area (Å²) in [6.45, 7) is 5.69. The van der Waals surface area contributed by atoms with Crippen LogP contribution in [0.1, 0.15) is 26.7 Å². The lowest BCUT2D eigenvalue weighted by Gasteiger charge is -2.16. The van der Waals surface area contributed by atoms with Gasteiger partial charge in [0, 0.05) is 18.6 Å². The maximum Gasteiger partial charge on any atom is 0.0504 e. The SMILES string of the molecule is C1CCOC1.CC(C)(CO)CO. The minimum Gasteiger partial charge on any atom is -0.396 e. The maximum atomic E-state index is 8.43. The monoisotopic (exact) mass is 176 g/mol. The highest BCUT2D eigenvalue weighted by Gasteiger charge is 2.13. The van der Waals surface area contributed by atoms with Crippen LogP contribution < -0.4 is 0 Å². The number of ether oxygens (including phenoxy) is 1. The number of hydrogen-bond acceptors (Lipinski definition) is 3. The number of aliphatic hydroxyl groups excluding tert-OH is 2. The first kappa shape index (κ1) is 11.9. The van der Waals surface area contributed by atoms with Crippen LogP contribution in [0.5, 0.6) is 0 Å². The van der Waals surface area contributed by atoms with Crippen LogP contribution in [0.3, 0.4) is 0 Å². The largest absolute Gasteiger partial charge is 0.396 e. The molecule has 74 valence electrons. The van der Waals surface area contributed by atoms with Gasteiger partial charge >= 0.3 is 0 Å². The molecule has 0 radical (unpaired) electrons. The predicted octanol–water partition coefficient (Wildman–Crippen LogP) is 0.794. The first-order valence-corrected chi connectivity index (χ1v) is 4.42. The van der Waals surface area contributed by atoms with Crippen molar-refractivity contribution >= 4 is 0 Å². The lowest BCUT2D eigenvalue weighted by Crippen LogP contribution is -2.20. The van der Waals surface area contributed by atoms with Gasteiger partial charge in [0.2, 0.25) is 0 Å². The topological polar surface area (TPSA) is 49.7 Å². The fraction of sp³-hybridized carbons (Fsp3) is 1.00. The van der Waals surface area contributed by atoms with E-state index in [1.807, 2.05) is 0 Å². The lowest BCUT2D eigenvalue weighted by molar-refractivity contribution is 0.0857. The molecule has 0 aromatic rings. The van der Waals surface area contributed by atoms with Crippen LogP contribution in [0.2, 0.25) is 0 Å². The lowest BCUT2D eigenvalue weighted by atomic mass is 9.97. The van der Waals surface area contributed by atoms with Crippen molar-refractivity contribution in [3.63, 3.8) is 0 Å². The zero-order chi connectivity index (χ0) is 9.45. The van der Waals surface area contributed by atoms with Crippen LogP contribution in [0.25, 0.3) is 0 Å². The summed E-state index contributed by atoms with van der Waals surface area (Å²) in [6.07, 6.45) is 2.56. The summed E-state index contributed by atoms with van der Waals surface area (Å²) in [5.41, 5.74) is -0.306. The molecule has 0 aliphatic carbocycles. The van der Waals surface area contributed by atoms with Crippen LogP contribution in [0, 0.1) is 5.41 Å². The van der Waals surface area contributed by atoms with Crippen LogP contribution in [-0.4, -0.2) is 36.6 Å². The van der Waals surface area contributed by atoms with Gasteiger partial charge in [-0.15, -0.1) is 0 Å². The van der Waals surface area contributed by atoms with E-state index in [4.69, 9.17) is 14.9 Å². The standard InChI is InChI=1S/C5H12O2.C4H8O/c1-5(2,3-6)4-7;1-2-4-5-3-1/h6-7H,3-4H2,1-2H3;1-4H2. The highest BCUT2D eigenvalue weighted by atomic mass is 16.5. The molecule has 1 rings (SSSR count). The minimum absolute atomic E-state index is 0.0451. The molecule has 2 N–H and O–H groups in total. The maximum absolute atomic E-state index is 8.43. The van der Waals surface area contributed by atoms with Gasteiger partial charge in [-0.2, -0.15) is 0 Å². The summed E-state index contributed by atoms with van der Waals surface area (Å²) in [5.74, 6) is 0. The fourth-order valence-corrected chi connectivity index (χ4v) is 0.560. The number of rotatable bonds is 2. The zero-order valence-corrected chi connectivity index (χ0v) is 8.05. The molecule has 3 nitrogen and oxygen atoms in total. The van der Waals surface area contributed by atoms with E-state index in [1.54, 1.807) is 13.8 Å². The average Bonchev–Trinajstić information content (AvgIpc) is 2.62. The quantitative estimate of drug-likeness (QED) is 0.654. The Balaban J connectivity index is 0.000000211. The summed E-state index contributed by atoms with van der Waals surface area (Å²) in [7, 11) is 0. The van der Waals surface area contributed by atoms with Gasteiger partial charge in [0.05, 0.1) is 13.2 Å². The van der Waals surface area contributed by atoms with Crippen molar-refractivity contribution in [2.24, 2.45) is 5.41 Å². The molecule has 12 heavy (non-hydrogen) atoms. The third-order valence-corrected chi connectivity index (χ3v) is 1.68. The van der Waals surface area contributed by atoms with E-state index >= 15 is 0 Å². The normalized spacial score (nSPS) is 17.0. The Morgan fingerprint density at radius 2 is 1.50 bits per heavy atom. The summed E-state index contributed by atoms with van der Waals surface area (Å²) in [4.78, 5) is 0. The van der Waals surface area contributed by atoms with Gasteiger partial charge in [-0.1, -0.05) is 13.8 Å². The summed E-state index contributed by atoms with van der Waals surface area (Å²) < 4.78 is 4.94. The zero-order valence-electron chi connectivity index (χ0n) is 8.05. The molecule has 1 saturated heterocycles. The third kappa shape index (κ3) is 6.58. The van der Waals surface area contributed by atoms with Crippen LogP contribution in [-0.2, 0) is 4.74 Å². The highest BCUT2D eigenvalue weighted by Crippen LogP contribution is 2.10. The smallest absolute Gasteiger partial charge is 0.0504 e.